The van der Waals surface area contributed by atoms with Crippen molar-refractivity contribution in [3.05, 3.63) is 47.9 Å². The fourth-order valence-electron chi connectivity index (χ4n) is 13.0. The molecule has 2 fully saturated rings. The van der Waals surface area contributed by atoms with E-state index in [1.165, 1.54) is 35.1 Å². The van der Waals surface area contributed by atoms with Gasteiger partial charge < -0.3 is 113 Å². The van der Waals surface area contributed by atoms with Gasteiger partial charge in [-0.3, -0.25) is 76.9 Å². The van der Waals surface area contributed by atoms with Gasteiger partial charge in [0.15, 0.2) is 5.96 Å². The zero-order chi connectivity index (χ0) is 84.0. The van der Waals surface area contributed by atoms with Gasteiger partial charge in [0.2, 0.25) is 82.7 Å². The molecule has 1 aromatic carbocycles. The highest BCUT2D eigenvalue weighted by Crippen LogP contribution is 2.36. The third kappa shape index (κ3) is 28.4. The number of rotatable bonds is 48. The van der Waals surface area contributed by atoms with Crippen LogP contribution in [0.5, 0.6) is 0 Å². The van der Waals surface area contributed by atoms with Gasteiger partial charge in [-0.2, -0.15) is 23.5 Å². The number of nitrogens with one attached hydrogen (secondary N) is 11. The number of hydrogen-bond acceptors (Lipinski definition) is 23. The fraction of sp³-hybridized carbons (Fsp3) is 0.634. The second-order valence-electron chi connectivity index (χ2n) is 28.6. The predicted molar refractivity (Wildman–Crippen MR) is 419 cm³/mol. The summed E-state index contributed by atoms with van der Waals surface area (Å²) in [5.74, 6) is -16.1. The number of para-hydroxylation sites is 1. The molecule has 2 aromatic heterocycles. The van der Waals surface area contributed by atoms with Crippen LogP contribution in [-0.4, -0.2) is 246 Å². The maximum atomic E-state index is 15.7. The summed E-state index contributed by atoms with van der Waals surface area (Å²) in [4.78, 5) is 216. The number of aliphatic imine (C=N–C) groups is 1. The number of nitrogens with zero attached hydrogens (tertiary/aromatic N) is 5. The van der Waals surface area contributed by atoms with Crippen molar-refractivity contribution in [3.8, 4) is 0 Å². The van der Waals surface area contributed by atoms with Crippen LogP contribution in [0.15, 0.2) is 41.7 Å². The molecule has 27 N–H and O–H groups in total. The van der Waals surface area contributed by atoms with Crippen molar-refractivity contribution in [1.29, 1.82) is 0 Å². The van der Waals surface area contributed by atoms with E-state index >= 15 is 14.4 Å². The molecule has 113 heavy (non-hydrogen) atoms. The number of aliphatic hydroxyl groups excluding tert-OH is 1. The van der Waals surface area contributed by atoms with Gasteiger partial charge in [0.05, 0.1) is 43.3 Å². The van der Waals surface area contributed by atoms with Crippen LogP contribution in [-0.2, 0) is 83.9 Å². The number of nitrogens with two attached hydrogens (primary N) is 7. The van der Waals surface area contributed by atoms with Crippen LogP contribution in [0.3, 0.4) is 0 Å². The Kier molecular flexibility index (Phi) is 37.6. The molecule has 0 unspecified atom stereocenters. The molecular formula is C71H113N23O17S2. The summed E-state index contributed by atoms with van der Waals surface area (Å²) < 4.78 is 1.46. The SMILES string of the molecule is CC[C@H](C)[C@H](NC(=O)[C@@H](N)CCCN=C(N)N)C(=O)N[C@@H](CC(N)=O)C(=O)N[C@@H](CC(N)=O)C(=O)N[C@H](C(=O)N1C[C@@H](n2cc(C3(N)CCCCC3)nn2)C[C@H]1C(=O)N[C@@H](Cc1c[nH]c2ccccc12)C(=O)N[C@@H](CO)C(=O)N[C@@H](CCC(=O)O)C(=O)N[C@@H](C)C(=O)N[C@@H](CCSC)C(=O)N[C@@H](CCSC)C(N)=O)[C@@H](C)CC. The lowest BCUT2D eigenvalue weighted by molar-refractivity contribution is -0.144. The van der Waals surface area contributed by atoms with Crippen molar-refractivity contribution in [2.45, 2.75) is 228 Å². The van der Waals surface area contributed by atoms with E-state index in [9.17, 15) is 67.7 Å². The average molecular weight is 1620 g/mol. The second kappa shape index (κ2) is 45.5. The summed E-state index contributed by atoms with van der Waals surface area (Å²) in [6, 6.07) is -12.4. The Bertz CT molecular complexity index is 3850. The molecule has 0 radical (unpaired) electrons. The van der Waals surface area contributed by atoms with Crippen molar-refractivity contribution in [2.75, 3.05) is 43.7 Å². The third-order valence-electron chi connectivity index (χ3n) is 20.0. The molecule has 14 amide bonds. The summed E-state index contributed by atoms with van der Waals surface area (Å²) in [5, 5.41) is 55.1. The van der Waals surface area contributed by atoms with Crippen molar-refractivity contribution < 1.29 is 82.1 Å². The number of aliphatic hydroxyl groups is 1. The Morgan fingerprint density at radius 3 is 1.74 bits per heavy atom. The van der Waals surface area contributed by atoms with Crippen molar-refractivity contribution >= 4 is 129 Å². The number of carboxylic acids is 1. The topological polar surface area (TPSA) is 661 Å². The van der Waals surface area contributed by atoms with Gasteiger partial charge in [-0.15, -0.1) is 5.10 Å². The highest BCUT2D eigenvalue weighted by atomic mass is 32.2. The largest absolute Gasteiger partial charge is 0.481 e. The molecule has 40 nitrogen and oxygen atoms in total. The van der Waals surface area contributed by atoms with Crippen molar-refractivity contribution in [3.63, 3.8) is 0 Å². The van der Waals surface area contributed by atoms with Gasteiger partial charge in [0, 0.05) is 49.5 Å². The third-order valence-corrected chi connectivity index (χ3v) is 21.3. The quantitative estimate of drug-likeness (QED) is 0.0143. The van der Waals surface area contributed by atoms with Gasteiger partial charge in [0.1, 0.15) is 72.2 Å². The van der Waals surface area contributed by atoms with Gasteiger partial charge >= 0.3 is 5.97 Å². The highest BCUT2D eigenvalue weighted by molar-refractivity contribution is 7.98. The zero-order valence-electron chi connectivity index (χ0n) is 64.8. The predicted octanol–water partition coefficient (Wildman–Crippen LogP) is -4.80. The lowest BCUT2D eigenvalue weighted by Gasteiger charge is -2.33. The first-order valence-corrected chi connectivity index (χ1v) is 40.4. The van der Waals surface area contributed by atoms with Crippen LogP contribution >= 0.6 is 23.5 Å². The van der Waals surface area contributed by atoms with Crippen LogP contribution in [0.2, 0.25) is 0 Å². The normalized spacial score (nSPS) is 18.0. The number of benzene rings is 1. The van der Waals surface area contributed by atoms with E-state index in [1.54, 1.807) is 76.9 Å². The van der Waals surface area contributed by atoms with Gasteiger partial charge in [-0.25, -0.2) is 4.68 Å². The Morgan fingerprint density at radius 1 is 0.628 bits per heavy atom. The zero-order valence-corrected chi connectivity index (χ0v) is 66.4. The molecule has 0 bridgehead atoms. The number of guanidine groups is 1. The maximum Gasteiger partial charge on any atom is 0.303 e. The second-order valence-corrected chi connectivity index (χ2v) is 30.6. The molecule has 3 aromatic rings. The lowest BCUT2D eigenvalue weighted by atomic mass is 9.80. The van der Waals surface area contributed by atoms with Crippen LogP contribution in [0.25, 0.3) is 10.9 Å². The first-order chi connectivity index (χ1) is 53.5. The number of likely N-dealkylation sites (tertiary alicyclic amines) is 1. The number of amides is 14. The molecule has 1 aliphatic carbocycles. The van der Waals surface area contributed by atoms with Crippen LogP contribution in [0, 0.1) is 11.8 Å². The number of carboxylic acid groups (broad SMARTS) is 1. The Balaban J connectivity index is 1.47. The fourth-order valence-corrected chi connectivity index (χ4v) is 13.9. The number of fused-ring (bicyclic) bond motifs is 1. The number of aromatic amines is 1. The minimum absolute atomic E-state index is 0.0901. The van der Waals surface area contributed by atoms with E-state index in [0.717, 1.165) is 24.2 Å². The number of aromatic nitrogens is 4. The Morgan fingerprint density at radius 2 is 1.15 bits per heavy atom. The van der Waals surface area contributed by atoms with Gasteiger partial charge in [0.25, 0.3) is 0 Å². The maximum absolute atomic E-state index is 15.7. The van der Waals surface area contributed by atoms with E-state index in [0.29, 0.717) is 59.3 Å². The van der Waals surface area contributed by atoms with Gasteiger partial charge in [-0.1, -0.05) is 83.2 Å². The molecule has 42 heteroatoms. The van der Waals surface area contributed by atoms with Crippen LogP contribution < -0.4 is 93.3 Å². The summed E-state index contributed by atoms with van der Waals surface area (Å²) in [6.45, 7) is 6.58. The van der Waals surface area contributed by atoms with E-state index in [2.05, 4.69) is 73.5 Å². The summed E-state index contributed by atoms with van der Waals surface area (Å²) in [6.07, 6.45) is 8.04. The molecule has 5 rings (SSSR count). The first-order valence-electron chi connectivity index (χ1n) is 37.6. The van der Waals surface area contributed by atoms with Crippen molar-refractivity contribution in [1.82, 2.24) is 78.0 Å². The van der Waals surface area contributed by atoms with E-state index in [4.69, 9.17) is 40.1 Å². The van der Waals surface area contributed by atoms with Crippen LogP contribution in [0.1, 0.15) is 155 Å². The summed E-state index contributed by atoms with van der Waals surface area (Å²) in [5.41, 5.74) is 41.3. The molecule has 1 aliphatic heterocycles. The minimum Gasteiger partial charge on any atom is -0.481 e. The molecular weight excluding hydrogens is 1510 g/mol. The summed E-state index contributed by atoms with van der Waals surface area (Å²) in [7, 11) is 0. The number of H-pyrrole nitrogens is 1. The first kappa shape index (κ1) is 93.4. The molecule has 1 saturated carbocycles. The van der Waals surface area contributed by atoms with E-state index in [-0.39, 0.29) is 57.6 Å². The van der Waals surface area contributed by atoms with Gasteiger partial charge in [-0.05, 0) is 99.4 Å². The number of primary amides is 3. The molecule has 0 spiro atoms. The van der Waals surface area contributed by atoms with E-state index < -0.39 is 217 Å². The highest BCUT2D eigenvalue weighted by Gasteiger charge is 2.47. The molecule has 3 heterocycles. The number of carbonyl (C=O) groups is 15. The standard InChI is InChI=1S/C71H113N23O17S2/c1-8-36(3)56(89-60(102)42(72)17-15-25-79-70(76)77)68(110)87-48(30-53(73)96)64(106)85-49(31-54(74)97)65(107)90-57(37(4)9-2)69(111)93-33-40(94-34-52(91-92-94)71(78)23-13-10-14-24-71)29-51(93)67(109)86-47(28-39-32-80-43-18-12-11-16-41(39)43)63(105)88-50(35-95)66(108)84-45(19-20-55(98)99)61(103)81-38(5)59(101)83-46(22-27-113-7)62(104)82-44(58(75)100)21-26-112-6/h11-12,16,18,32,34,36-38,40,42,44-51,56-57,80,95H,8-10,13-15,17,19-31,33,35,72,78H2,1-7H3,(H2,73,96)(H2,74,97)(H2,75,100)(H,81,103)(H,82,104)(H,83,101)(H,84,108)(H,85,106)(H,86,109)(H,87,110)(H,88,105)(H,89,102)(H,90,107)(H,98,99)(H4,76,77,79)/t36-,37-,38-,40-,42-,44-,45-,46-,47-,48-,49-,50-,51-,56-,57-/m0/s1. The van der Waals surface area contributed by atoms with E-state index in [1.807, 2.05) is 0 Å². The molecule has 1 saturated heterocycles. The number of thioether (sulfide) groups is 2. The molecule has 15 atom stereocenters. The number of aliphatic carboxylic acids is 1. The van der Waals surface area contributed by atoms with Crippen molar-refractivity contribution in [2.24, 2.45) is 57.0 Å². The minimum atomic E-state index is -1.94. The Hall–Kier alpha value is -10.2. The lowest BCUT2D eigenvalue weighted by Crippen LogP contribution is -2.62. The number of carbonyl (C=O) groups excluding carboxylic acids is 14. The number of hydrogen-bond donors (Lipinski definition) is 20. The monoisotopic (exact) mass is 1620 g/mol. The Labute approximate surface area is 662 Å². The van der Waals surface area contributed by atoms with Crippen LogP contribution in [0.4, 0.5) is 0 Å². The molecule has 2 aliphatic rings. The molecule has 626 valence electrons. The average Bonchev–Trinajstić information content (AvgIpc) is 1.63. The summed E-state index contributed by atoms with van der Waals surface area (Å²) >= 11 is 2.78. The smallest absolute Gasteiger partial charge is 0.303 e.